The summed E-state index contributed by atoms with van der Waals surface area (Å²) in [5.74, 6) is 0.00486. The summed E-state index contributed by atoms with van der Waals surface area (Å²) in [5, 5.41) is 6.04. The Bertz CT molecular complexity index is 435. The molecule has 1 aromatic rings. The number of nitrogens with one attached hydrogen (secondary N) is 2. The zero-order valence-electron chi connectivity index (χ0n) is 12.0. The predicted molar refractivity (Wildman–Crippen MR) is 83.5 cm³/mol. The van der Waals surface area contributed by atoms with E-state index in [9.17, 15) is 4.79 Å². The third-order valence-electron chi connectivity index (χ3n) is 2.82. The lowest BCUT2D eigenvalue weighted by molar-refractivity contribution is -0.119. The average molecular weight is 328 g/mol. The molecule has 106 valence electrons. The summed E-state index contributed by atoms with van der Waals surface area (Å²) in [5.41, 5.74) is 2.24. The fourth-order valence-electron chi connectivity index (χ4n) is 1.74. The van der Waals surface area contributed by atoms with Gasteiger partial charge >= 0.3 is 0 Å². The summed E-state index contributed by atoms with van der Waals surface area (Å²) in [7, 11) is 3.58. The van der Waals surface area contributed by atoms with Crippen molar-refractivity contribution in [3.8, 4) is 0 Å². The van der Waals surface area contributed by atoms with Gasteiger partial charge in [-0.05, 0) is 17.7 Å². The predicted octanol–water partition coefficient (Wildman–Crippen LogP) is 2.13. The van der Waals surface area contributed by atoms with Crippen molar-refractivity contribution in [3.63, 3.8) is 0 Å². The summed E-state index contributed by atoms with van der Waals surface area (Å²) in [6, 6.07) is 6.57. The Hall–Kier alpha value is -1.07. The quantitative estimate of drug-likeness (QED) is 0.841. The van der Waals surface area contributed by atoms with E-state index in [1.165, 1.54) is 5.56 Å². The molecule has 0 aliphatic heterocycles. The lowest BCUT2D eigenvalue weighted by atomic mass is 10.1. The minimum Gasteiger partial charge on any atom is -0.365 e. The number of amides is 1. The van der Waals surface area contributed by atoms with E-state index in [1.54, 1.807) is 7.05 Å². The van der Waals surface area contributed by atoms with Crippen molar-refractivity contribution in [2.24, 2.45) is 0 Å². The zero-order valence-corrected chi connectivity index (χ0v) is 13.5. The normalized spacial score (nSPS) is 10.6. The van der Waals surface area contributed by atoms with Gasteiger partial charge in [0, 0.05) is 36.8 Å². The van der Waals surface area contributed by atoms with E-state index in [2.05, 4.69) is 46.5 Å². The number of halogens is 1. The van der Waals surface area contributed by atoms with E-state index in [4.69, 9.17) is 0 Å². The van der Waals surface area contributed by atoms with Crippen LogP contribution in [0.4, 0.5) is 5.69 Å². The van der Waals surface area contributed by atoms with E-state index in [0.717, 1.165) is 16.7 Å². The van der Waals surface area contributed by atoms with Crippen LogP contribution >= 0.6 is 15.9 Å². The molecule has 0 radical (unpaired) electrons. The van der Waals surface area contributed by atoms with Crippen LogP contribution in [0, 0.1) is 0 Å². The molecule has 0 unspecified atom stereocenters. The third kappa shape index (κ3) is 5.20. The van der Waals surface area contributed by atoms with Gasteiger partial charge in [-0.1, -0.05) is 35.8 Å². The molecule has 0 fully saturated rings. The molecule has 0 atom stereocenters. The number of carbonyl (C=O) groups is 1. The molecule has 0 aromatic heterocycles. The highest BCUT2D eigenvalue weighted by atomic mass is 79.9. The van der Waals surface area contributed by atoms with Crippen molar-refractivity contribution in [1.29, 1.82) is 0 Å². The van der Waals surface area contributed by atoms with E-state index in [0.29, 0.717) is 12.6 Å². The van der Waals surface area contributed by atoms with Crippen LogP contribution in [0.25, 0.3) is 0 Å². The highest BCUT2D eigenvalue weighted by molar-refractivity contribution is 9.10. The molecule has 0 bridgehead atoms. The molecule has 1 rings (SSSR count). The maximum absolute atomic E-state index is 11.5. The number of hydrogen-bond acceptors (Lipinski definition) is 3. The Morgan fingerprint density at radius 1 is 1.42 bits per heavy atom. The zero-order chi connectivity index (χ0) is 14.4. The fourth-order valence-corrected chi connectivity index (χ4v) is 2.08. The average Bonchev–Trinajstić information content (AvgIpc) is 2.36. The van der Waals surface area contributed by atoms with Gasteiger partial charge in [-0.15, -0.1) is 0 Å². The summed E-state index contributed by atoms with van der Waals surface area (Å²) in [6.07, 6.45) is 0. The Labute approximate surface area is 123 Å². The Balaban J connectivity index is 2.89. The van der Waals surface area contributed by atoms with Crippen LogP contribution in [0.1, 0.15) is 19.4 Å². The molecule has 19 heavy (non-hydrogen) atoms. The molecule has 1 aromatic carbocycles. The minimum atomic E-state index is 0.00486. The summed E-state index contributed by atoms with van der Waals surface area (Å²) in [4.78, 5) is 13.4. The first-order chi connectivity index (χ1) is 8.93. The molecule has 0 aliphatic rings. The second kappa shape index (κ2) is 7.50. The Kier molecular flexibility index (Phi) is 6.31. The van der Waals surface area contributed by atoms with Gasteiger partial charge in [-0.3, -0.25) is 4.79 Å². The van der Waals surface area contributed by atoms with Crippen LogP contribution in [0.2, 0.25) is 0 Å². The van der Waals surface area contributed by atoms with E-state index in [1.807, 2.05) is 24.1 Å². The molecule has 2 N–H and O–H groups in total. The number of hydrogen-bond donors (Lipinski definition) is 2. The number of anilines is 1. The highest BCUT2D eigenvalue weighted by Crippen LogP contribution is 2.24. The van der Waals surface area contributed by atoms with Crippen molar-refractivity contribution < 1.29 is 4.79 Å². The molecular weight excluding hydrogens is 306 g/mol. The molecule has 4 nitrogen and oxygen atoms in total. The van der Waals surface area contributed by atoms with Gasteiger partial charge in [0.15, 0.2) is 0 Å². The second-order valence-electron chi connectivity index (χ2n) is 4.84. The Morgan fingerprint density at radius 2 is 2.11 bits per heavy atom. The van der Waals surface area contributed by atoms with Crippen LogP contribution in [0.5, 0.6) is 0 Å². The van der Waals surface area contributed by atoms with Gasteiger partial charge in [-0.25, -0.2) is 0 Å². The van der Waals surface area contributed by atoms with Gasteiger partial charge < -0.3 is 15.5 Å². The fraction of sp³-hybridized carbons (Fsp3) is 0.500. The highest BCUT2D eigenvalue weighted by Gasteiger charge is 2.11. The van der Waals surface area contributed by atoms with Crippen LogP contribution in [0.3, 0.4) is 0 Å². The van der Waals surface area contributed by atoms with Crippen molar-refractivity contribution in [2.45, 2.75) is 26.4 Å². The second-order valence-corrected chi connectivity index (χ2v) is 5.75. The van der Waals surface area contributed by atoms with Crippen molar-refractivity contribution in [1.82, 2.24) is 10.6 Å². The monoisotopic (exact) mass is 327 g/mol. The summed E-state index contributed by atoms with van der Waals surface area (Å²) >= 11 is 3.48. The number of likely N-dealkylation sites (N-methyl/N-ethyl adjacent to an activating group) is 2. The first-order valence-corrected chi connectivity index (χ1v) is 7.17. The van der Waals surface area contributed by atoms with Crippen LogP contribution < -0.4 is 15.5 Å². The first-order valence-electron chi connectivity index (χ1n) is 6.37. The lowest BCUT2D eigenvalue weighted by Crippen LogP contribution is -2.34. The molecule has 5 heteroatoms. The number of nitrogens with zero attached hydrogens (tertiary/aromatic N) is 1. The first kappa shape index (κ1) is 16.0. The smallest absolute Gasteiger partial charge is 0.239 e. The molecule has 0 saturated heterocycles. The third-order valence-corrected chi connectivity index (χ3v) is 3.31. The van der Waals surface area contributed by atoms with Gasteiger partial charge in [0.05, 0.1) is 6.54 Å². The number of benzene rings is 1. The van der Waals surface area contributed by atoms with Crippen LogP contribution in [-0.4, -0.2) is 32.6 Å². The molecule has 0 aliphatic carbocycles. The molecule has 1 amide bonds. The molecule has 0 heterocycles. The Morgan fingerprint density at radius 3 is 2.68 bits per heavy atom. The summed E-state index contributed by atoms with van der Waals surface area (Å²) in [6.45, 7) is 5.37. The van der Waals surface area contributed by atoms with Gasteiger partial charge in [0.2, 0.25) is 5.91 Å². The lowest BCUT2D eigenvalue weighted by Gasteiger charge is -2.22. The topological polar surface area (TPSA) is 44.4 Å². The van der Waals surface area contributed by atoms with Crippen LogP contribution in [-0.2, 0) is 11.3 Å². The van der Waals surface area contributed by atoms with Gasteiger partial charge in [0.25, 0.3) is 0 Å². The largest absolute Gasteiger partial charge is 0.365 e. The maximum Gasteiger partial charge on any atom is 0.239 e. The van der Waals surface area contributed by atoms with Crippen molar-refractivity contribution in [2.75, 3.05) is 25.5 Å². The SMILES string of the molecule is CNC(=O)CN(C)c1cc(Br)ccc1CNC(C)C. The number of rotatable bonds is 6. The van der Waals surface area contributed by atoms with Crippen molar-refractivity contribution in [3.05, 3.63) is 28.2 Å². The van der Waals surface area contributed by atoms with E-state index < -0.39 is 0 Å². The number of carbonyl (C=O) groups excluding carboxylic acids is 1. The molecule has 0 spiro atoms. The molecular formula is C14H22BrN3O. The minimum absolute atomic E-state index is 0.00486. The van der Waals surface area contributed by atoms with E-state index >= 15 is 0 Å². The maximum atomic E-state index is 11.5. The van der Waals surface area contributed by atoms with Crippen molar-refractivity contribution >= 4 is 27.5 Å². The van der Waals surface area contributed by atoms with E-state index in [-0.39, 0.29) is 5.91 Å². The standard InChI is InChI=1S/C14H22BrN3O/c1-10(2)17-8-11-5-6-12(15)7-13(11)18(4)9-14(19)16-3/h5-7,10,17H,8-9H2,1-4H3,(H,16,19). The van der Waals surface area contributed by atoms with Crippen LogP contribution in [0.15, 0.2) is 22.7 Å². The van der Waals surface area contributed by atoms with Gasteiger partial charge in [-0.2, -0.15) is 0 Å². The van der Waals surface area contributed by atoms with Gasteiger partial charge in [0.1, 0.15) is 0 Å². The summed E-state index contributed by atoms with van der Waals surface area (Å²) < 4.78 is 1.01. The molecule has 0 saturated carbocycles.